The van der Waals surface area contributed by atoms with E-state index in [2.05, 4.69) is 11.5 Å². The molecule has 0 radical (unpaired) electrons. The van der Waals surface area contributed by atoms with Gasteiger partial charge in [-0.15, -0.1) is 0 Å². The molecule has 2 atom stereocenters. The third-order valence-corrected chi connectivity index (χ3v) is 3.26. The zero-order valence-electron chi connectivity index (χ0n) is 10.8. The highest BCUT2D eigenvalue weighted by atomic mass is 19.1. The van der Waals surface area contributed by atoms with Crippen LogP contribution in [0.2, 0.25) is 0 Å². The molecule has 2 heterocycles. The van der Waals surface area contributed by atoms with Crippen LogP contribution in [0.1, 0.15) is 33.6 Å². The van der Waals surface area contributed by atoms with Gasteiger partial charge in [-0.05, 0) is 13.3 Å². The van der Waals surface area contributed by atoms with Gasteiger partial charge in [0.15, 0.2) is 0 Å². The maximum Gasteiger partial charge on any atom is 0.115 e. The van der Waals surface area contributed by atoms with Gasteiger partial charge in [-0.3, -0.25) is 4.90 Å². The lowest BCUT2D eigenvalue weighted by atomic mass is 9.93. The van der Waals surface area contributed by atoms with Crippen LogP contribution in [0.5, 0.6) is 0 Å². The van der Waals surface area contributed by atoms with Crippen LogP contribution in [0.4, 0.5) is 4.39 Å². The molecule has 2 aliphatic heterocycles. The highest BCUT2D eigenvalue weighted by Gasteiger charge is 2.49. The second kappa shape index (κ2) is 5.78. The van der Waals surface area contributed by atoms with Crippen LogP contribution in [-0.4, -0.2) is 42.9 Å². The summed E-state index contributed by atoms with van der Waals surface area (Å²) in [6.07, 6.45) is 0.850. The molecule has 0 aromatic heterocycles. The minimum Gasteiger partial charge on any atom is -0.380 e. The van der Waals surface area contributed by atoms with Crippen molar-refractivity contribution in [1.82, 2.24) is 4.90 Å². The zero-order chi connectivity index (χ0) is 12.2. The van der Waals surface area contributed by atoms with E-state index in [1.807, 2.05) is 20.8 Å². The average molecular weight is 229 g/mol. The molecule has 16 heavy (non-hydrogen) atoms. The molecule has 0 N–H and O–H groups in total. The smallest absolute Gasteiger partial charge is 0.115 e. The normalized spacial score (nSPS) is 33.5. The Morgan fingerprint density at radius 2 is 2.25 bits per heavy atom. The van der Waals surface area contributed by atoms with Crippen molar-refractivity contribution in [3.63, 3.8) is 0 Å². The quantitative estimate of drug-likeness (QED) is 0.690. The third kappa shape index (κ3) is 2.64. The van der Waals surface area contributed by atoms with Crippen LogP contribution >= 0.6 is 0 Å². The highest BCUT2D eigenvalue weighted by Crippen LogP contribution is 2.41. The van der Waals surface area contributed by atoms with Gasteiger partial charge < -0.3 is 4.74 Å². The number of hydrogen-bond donors (Lipinski definition) is 0. The lowest BCUT2D eigenvalue weighted by Gasteiger charge is -2.30. The summed E-state index contributed by atoms with van der Waals surface area (Å²) in [5.41, 5.74) is 1.16. The molecule has 2 unspecified atom stereocenters. The lowest BCUT2D eigenvalue weighted by Crippen LogP contribution is -2.42. The number of alkyl halides is 1. The molecule has 3 heteroatoms. The first kappa shape index (κ1) is 13.7. The minimum atomic E-state index is -0.677. The van der Waals surface area contributed by atoms with Crippen LogP contribution in [0, 0.1) is 0 Å². The van der Waals surface area contributed by atoms with Crippen molar-refractivity contribution in [2.45, 2.75) is 45.3 Å². The molecule has 0 amide bonds. The van der Waals surface area contributed by atoms with Gasteiger partial charge in [0.05, 0.1) is 12.1 Å². The molecule has 0 aromatic carbocycles. The largest absolute Gasteiger partial charge is 0.380 e. The number of hydrogen-bond acceptors (Lipinski definition) is 2. The summed E-state index contributed by atoms with van der Waals surface area (Å²) in [5.74, 6) is 0. The third-order valence-electron chi connectivity index (χ3n) is 3.26. The molecular formula is C13H24FNO. The first-order chi connectivity index (χ1) is 7.66. The van der Waals surface area contributed by atoms with Crippen molar-refractivity contribution in [2.75, 3.05) is 26.3 Å². The summed E-state index contributed by atoms with van der Waals surface area (Å²) < 4.78 is 18.8. The van der Waals surface area contributed by atoms with Gasteiger partial charge in [0, 0.05) is 26.1 Å². The van der Waals surface area contributed by atoms with E-state index in [9.17, 15) is 4.39 Å². The molecule has 2 fully saturated rings. The zero-order valence-corrected chi connectivity index (χ0v) is 10.8. The van der Waals surface area contributed by atoms with Crippen molar-refractivity contribution in [1.29, 1.82) is 0 Å². The molecule has 2 nitrogen and oxygen atoms in total. The maximum atomic E-state index is 13.3. The van der Waals surface area contributed by atoms with Crippen LogP contribution in [0.15, 0.2) is 12.2 Å². The summed E-state index contributed by atoms with van der Waals surface area (Å²) in [7, 11) is 0. The summed E-state index contributed by atoms with van der Waals surface area (Å²) in [6, 6.07) is 0. The fourth-order valence-corrected chi connectivity index (χ4v) is 2.74. The Morgan fingerprint density at radius 3 is 2.88 bits per heavy atom. The maximum absolute atomic E-state index is 13.3. The minimum absolute atomic E-state index is 0.0630. The van der Waals surface area contributed by atoms with E-state index in [4.69, 9.17) is 4.74 Å². The first-order valence-electron chi connectivity index (χ1n) is 6.30. The number of nitrogens with zero attached hydrogens (tertiary/aromatic N) is 1. The summed E-state index contributed by atoms with van der Waals surface area (Å²) in [4.78, 5) is 2.20. The van der Waals surface area contributed by atoms with Crippen molar-refractivity contribution in [3.8, 4) is 0 Å². The molecule has 2 aliphatic rings. The average Bonchev–Trinajstić information content (AvgIpc) is 2.69. The first-order valence-corrected chi connectivity index (χ1v) is 6.30. The van der Waals surface area contributed by atoms with E-state index in [1.165, 1.54) is 5.57 Å². The second-order valence-corrected chi connectivity index (χ2v) is 4.47. The van der Waals surface area contributed by atoms with E-state index in [0.717, 1.165) is 13.0 Å². The Labute approximate surface area is 98.5 Å². The number of rotatable bonds is 3. The Kier molecular flexibility index (Phi) is 4.93. The fourth-order valence-electron chi connectivity index (χ4n) is 2.74. The monoisotopic (exact) mass is 229 g/mol. The molecule has 94 valence electrons. The molecule has 0 saturated carbocycles. The van der Waals surface area contributed by atoms with E-state index in [1.54, 1.807) is 0 Å². The summed E-state index contributed by atoms with van der Waals surface area (Å²) in [6.45, 7) is 12.8. The molecule has 0 aromatic rings. The highest BCUT2D eigenvalue weighted by molar-refractivity contribution is 5.19. The van der Waals surface area contributed by atoms with Crippen LogP contribution in [0.25, 0.3) is 0 Å². The predicted molar refractivity (Wildman–Crippen MR) is 65.4 cm³/mol. The predicted octanol–water partition coefficient (Wildman–Crippen LogP) is 2.79. The van der Waals surface area contributed by atoms with Crippen LogP contribution < -0.4 is 0 Å². The molecule has 2 rings (SSSR count). The second-order valence-electron chi connectivity index (χ2n) is 4.47. The standard InChI is InChI=1S/C11H18FNO.C2H6/c1-3-14-8-11-4-9(2)6-13(11)7-10(12)5-11;1-2/h10H,2-8H2,1H3;1-2H3. The number of fused-ring (bicyclic) bond motifs is 1. The van der Waals surface area contributed by atoms with E-state index >= 15 is 0 Å². The topological polar surface area (TPSA) is 12.5 Å². The van der Waals surface area contributed by atoms with Crippen LogP contribution in [0.3, 0.4) is 0 Å². The summed E-state index contributed by atoms with van der Waals surface area (Å²) in [5, 5.41) is 0. The van der Waals surface area contributed by atoms with E-state index in [0.29, 0.717) is 26.2 Å². The van der Waals surface area contributed by atoms with E-state index < -0.39 is 6.17 Å². The van der Waals surface area contributed by atoms with Gasteiger partial charge in [-0.25, -0.2) is 4.39 Å². The van der Waals surface area contributed by atoms with Crippen molar-refractivity contribution in [3.05, 3.63) is 12.2 Å². The van der Waals surface area contributed by atoms with Crippen molar-refractivity contribution < 1.29 is 9.13 Å². The van der Waals surface area contributed by atoms with Gasteiger partial charge in [0.25, 0.3) is 0 Å². The lowest BCUT2D eigenvalue weighted by molar-refractivity contribution is 0.0415. The fraction of sp³-hybridized carbons (Fsp3) is 0.846. The van der Waals surface area contributed by atoms with Gasteiger partial charge in [-0.2, -0.15) is 0 Å². The number of halogens is 1. The van der Waals surface area contributed by atoms with Crippen molar-refractivity contribution in [2.24, 2.45) is 0 Å². The Balaban J connectivity index is 0.000000606. The Hall–Kier alpha value is -0.410. The Morgan fingerprint density at radius 1 is 1.56 bits per heavy atom. The SMILES string of the molecule is C=C1CN2CC(F)CC2(COCC)C1.CC. The molecule has 0 aliphatic carbocycles. The molecule has 0 spiro atoms. The van der Waals surface area contributed by atoms with E-state index in [-0.39, 0.29) is 5.54 Å². The van der Waals surface area contributed by atoms with Gasteiger partial charge in [0.2, 0.25) is 0 Å². The summed E-state index contributed by atoms with van der Waals surface area (Å²) >= 11 is 0. The van der Waals surface area contributed by atoms with Gasteiger partial charge >= 0.3 is 0 Å². The van der Waals surface area contributed by atoms with Crippen molar-refractivity contribution >= 4 is 0 Å². The van der Waals surface area contributed by atoms with Crippen LogP contribution in [-0.2, 0) is 4.74 Å². The Bertz CT molecular complexity index is 244. The molecule has 2 saturated heterocycles. The van der Waals surface area contributed by atoms with Gasteiger partial charge in [-0.1, -0.05) is 26.0 Å². The molecular weight excluding hydrogens is 205 g/mol. The van der Waals surface area contributed by atoms with Gasteiger partial charge in [0.1, 0.15) is 6.17 Å². The molecule has 0 bridgehead atoms. The number of ether oxygens (including phenoxy) is 1.